The monoisotopic (exact) mass is 439 g/mol. The van der Waals surface area contributed by atoms with E-state index in [-0.39, 0.29) is 10.8 Å². The normalized spacial score (nSPS) is 16.2. The van der Waals surface area contributed by atoms with E-state index in [9.17, 15) is 8.42 Å². The largest absolute Gasteiger partial charge is 0.360 e. The van der Waals surface area contributed by atoms with Crippen LogP contribution in [0.5, 0.6) is 0 Å². The van der Waals surface area contributed by atoms with Crippen molar-refractivity contribution >= 4 is 15.7 Å². The fraction of sp³-hybridized carbons (Fsp3) is 0.350. The van der Waals surface area contributed by atoms with E-state index >= 15 is 0 Å². The van der Waals surface area contributed by atoms with Crippen LogP contribution in [0.4, 0.5) is 0 Å². The second-order valence-corrected chi connectivity index (χ2v) is 9.49. The van der Waals surface area contributed by atoms with Crippen molar-refractivity contribution in [3.63, 3.8) is 0 Å². The molecule has 0 unspecified atom stereocenters. The van der Waals surface area contributed by atoms with Crippen molar-refractivity contribution < 1.29 is 12.9 Å². The third-order valence-corrected chi connectivity index (χ3v) is 7.77. The molecule has 0 saturated carbocycles. The van der Waals surface area contributed by atoms with Crippen LogP contribution < -0.4 is 0 Å². The Hall–Kier alpha value is -3.18. The van der Waals surface area contributed by atoms with Gasteiger partial charge in [0.25, 0.3) is 0 Å². The Labute approximate surface area is 179 Å². The van der Waals surface area contributed by atoms with Crippen molar-refractivity contribution in [1.82, 2.24) is 34.3 Å². The Balaban J connectivity index is 1.40. The predicted octanol–water partition coefficient (Wildman–Crippen LogP) is 2.36. The molecule has 1 fully saturated rings. The molecule has 0 aromatic carbocycles. The Bertz CT molecular complexity index is 1320. The van der Waals surface area contributed by atoms with Crippen molar-refractivity contribution in [3.8, 4) is 11.3 Å². The van der Waals surface area contributed by atoms with Gasteiger partial charge < -0.3 is 4.52 Å². The summed E-state index contributed by atoms with van der Waals surface area (Å²) in [5.74, 6) is 1.12. The summed E-state index contributed by atoms with van der Waals surface area (Å²) in [6, 6.07) is 7.58. The summed E-state index contributed by atoms with van der Waals surface area (Å²) in [6.45, 7) is 4.03. The number of aromatic nitrogens is 6. The highest BCUT2D eigenvalue weighted by Gasteiger charge is 2.35. The Morgan fingerprint density at radius 2 is 1.90 bits per heavy atom. The van der Waals surface area contributed by atoms with Crippen LogP contribution in [0.3, 0.4) is 0 Å². The second-order valence-electron chi connectivity index (χ2n) is 7.62. The van der Waals surface area contributed by atoms with Crippen LogP contribution in [0.1, 0.15) is 36.0 Å². The minimum Gasteiger partial charge on any atom is -0.360 e. The van der Waals surface area contributed by atoms with Gasteiger partial charge in [0.05, 0.1) is 5.69 Å². The molecule has 160 valence electrons. The summed E-state index contributed by atoms with van der Waals surface area (Å²) >= 11 is 0. The van der Waals surface area contributed by atoms with E-state index < -0.39 is 10.0 Å². The number of pyridine rings is 1. The molecule has 4 aromatic rings. The number of sulfonamides is 1. The van der Waals surface area contributed by atoms with Gasteiger partial charge in [0.15, 0.2) is 17.2 Å². The van der Waals surface area contributed by atoms with Crippen molar-refractivity contribution in [1.29, 1.82) is 0 Å². The molecule has 1 saturated heterocycles. The van der Waals surface area contributed by atoms with E-state index in [0.717, 1.165) is 17.1 Å². The van der Waals surface area contributed by atoms with Crippen LogP contribution in [-0.4, -0.2) is 55.8 Å². The molecule has 0 aliphatic carbocycles. The van der Waals surface area contributed by atoms with E-state index in [0.29, 0.717) is 43.0 Å². The maximum absolute atomic E-state index is 13.1. The number of rotatable bonds is 4. The predicted molar refractivity (Wildman–Crippen MR) is 111 cm³/mol. The zero-order valence-electron chi connectivity index (χ0n) is 17.1. The Morgan fingerprint density at radius 1 is 1.10 bits per heavy atom. The molecule has 10 nitrogen and oxygen atoms in total. The fourth-order valence-corrected chi connectivity index (χ4v) is 5.82. The molecule has 0 amide bonds. The topological polar surface area (TPSA) is 119 Å². The summed E-state index contributed by atoms with van der Waals surface area (Å²) in [5, 5.41) is 17.1. The van der Waals surface area contributed by atoms with Gasteiger partial charge in [-0.25, -0.2) is 8.42 Å². The molecule has 31 heavy (non-hydrogen) atoms. The van der Waals surface area contributed by atoms with Gasteiger partial charge in [-0.2, -0.15) is 13.9 Å². The average Bonchev–Trinajstić information content (AvgIpc) is 3.37. The molecular weight excluding hydrogens is 418 g/mol. The van der Waals surface area contributed by atoms with Gasteiger partial charge in [0.1, 0.15) is 10.6 Å². The molecule has 1 aliphatic rings. The smallest absolute Gasteiger partial charge is 0.248 e. The van der Waals surface area contributed by atoms with Crippen LogP contribution >= 0.6 is 0 Å². The quantitative estimate of drug-likeness (QED) is 0.475. The summed E-state index contributed by atoms with van der Waals surface area (Å²) in [7, 11) is -3.65. The van der Waals surface area contributed by atoms with Crippen molar-refractivity contribution in [3.05, 3.63) is 53.9 Å². The first kappa shape index (κ1) is 19.8. The summed E-state index contributed by atoms with van der Waals surface area (Å²) in [6.07, 6.45) is 4.73. The number of nitrogens with zero attached hydrogens (tertiary/aromatic N) is 7. The van der Waals surface area contributed by atoms with E-state index in [1.165, 1.54) is 4.31 Å². The molecule has 0 spiro atoms. The first-order chi connectivity index (χ1) is 14.9. The van der Waals surface area contributed by atoms with E-state index in [2.05, 4.69) is 20.3 Å². The fourth-order valence-electron chi connectivity index (χ4n) is 4.05. The highest BCUT2D eigenvalue weighted by Crippen LogP contribution is 2.32. The summed E-state index contributed by atoms with van der Waals surface area (Å²) in [5.41, 5.74) is 2.73. The van der Waals surface area contributed by atoms with Crippen LogP contribution in [0.2, 0.25) is 0 Å². The molecule has 11 heteroatoms. The zero-order chi connectivity index (χ0) is 21.6. The average molecular weight is 440 g/mol. The van der Waals surface area contributed by atoms with Crippen molar-refractivity contribution in [2.75, 3.05) is 13.1 Å². The van der Waals surface area contributed by atoms with Crippen molar-refractivity contribution in [2.45, 2.75) is 37.5 Å². The van der Waals surface area contributed by atoms with Gasteiger partial charge in [0.2, 0.25) is 10.0 Å². The molecule has 5 rings (SSSR count). The molecule has 0 bridgehead atoms. The minimum atomic E-state index is -3.65. The lowest BCUT2D eigenvalue weighted by molar-refractivity contribution is 0.310. The highest BCUT2D eigenvalue weighted by atomic mass is 32.2. The molecule has 1 aliphatic heterocycles. The molecule has 0 atom stereocenters. The van der Waals surface area contributed by atoms with Gasteiger partial charge in [-0.05, 0) is 51.0 Å². The van der Waals surface area contributed by atoms with Gasteiger partial charge in [-0.3, -0.25) is 4.98 Å². The van der Waals surface area contributed by atoms with E-state index in [1.54, 1.807) is 30.8 Å². The first-order valence-corrected chi connectivity index (χ1v) is 11.4. The van der Waals surface area contributed by atoms with Crippen LogP contribution in [-0.2, 0) is 10.0 Å². The zero-order valence-corrected chi connectivity index (χ0v) is 17.9. The van der Waals surface area contributed by atoms with Crippen molar-refractivity contribution in [2.24, 2.45) is 0 Å². The standard InChI is InChI=1S/C20H21N7O3S/c1-13-19(14(2)30-25-13)31(28,29)26-10-7-15(8-11-26)20-23-22-18-6-5-17(24-27(18)20)16-4-3-9-21-12-16/h3-6,9,12,15H,7-8,10-11H2,1-2H3. The number of piperidine rings is 1. The molecule has 5 heterocycles. The number of fused-ring (bicyclic) bond motifs is 1. The first-order valence-electron chi connectivity index (χ1n) is 10.0. The van der Waals surface area contributed by atoms with Gasteiger partial charge >= 0.3 is 0 Å². The van der Waals surface area contributed by atoms with Gasteiger partial charge in [-0.1, -0.05) is 5.16 Å². The third kappa shape index (κ3) is 3.39. The van der Waals surface area contributed by atoms with Gasteiger partial charge in [0, 0.05) is 37.0 Å². The summed E-state index contributed by atoms with van der Waals surface area (Å²) in [4.78, 5) is 4.32. The van der Waals surface area contributed by atoms with Crippen LogP contribution in [0, 0.1) is 13.8 Å². The molecule has 0 N–H and O–H groups in total. The molecule has 4 aromatic heterocycles. The molecule has 0 radical (unpaired) electrons. The summed E-state index contributed by atoms with van der Waals surface area (Å²) < 4.78 is 34.5. The lowest BCUT2D eigenvalue weighted by atomic mass is 9.97. The maximum atomic E-state index is 13.1. The Kier molecular flexibility index (Phi) is 4.78. The van der Waals surface area contributed by atoms with Gasteiger partial charge in [-0.15, -0.1) is 10.2 Å². The highest BCUT2D eigenvalue weighted by molar-refractivity contribution is 7.89. The second kappa shape index (κ2) is 7.50. The lowest BCUT2D eigenvalue weighted by Gasteiger charge is -2.30. The lowest BCUT2D eigenvalue weighted by Crippen LogP contribution is -2.38. The number of aryl methyl sites for hydroxylation is 2. The maximum Gasteiger partial charge on any atom is 0.248 e. The van der Waals surface area contributed by atoms with E-state index in [4.69, 9.17) is 9.62 Å². The van der Waals surface area contributed by atoms with Crippen LogP contribution in [0.15, 0.2) is 46.1 Å². The van der Waals surface area contributed by atoms with Crippen LogP contribution in [0.25, 0.3) is 16.9 Å². The Morgan fingerprint density at radius 3 is 2.58 bits per heavy atom. The van der Waals surface area contributed by atoms with E-state index in [1.807, 2.05) is 24.3 Å². The number of hydrogen-bond acceptors (Lipinski definition) is 8. The minimum absolute atomic E-state index is 0.0581. The third-order valence-electron chi connectivity index (χ3n) is 5.63. The number of hydrogen-bond donors (Lipinski definition) is 0. The SMILES string of the molecule is Cc1noc(C)c1S(=O)(=O)N1CCC(c2nnc3ccc(-c4cccnc4)nn23)CC1. The molecular formula is C20H21N7O3S.